The van der Waals surface area contributed by atoms with Crippen molar-refractivity contribution in [2.75, 3.05) is 24.3 Å². The van der Waals surface area contributed by atoms with Gasteiger partial charge < -0.3 is 4.90 Å². The Hall–Kier alpha value is -0.500. The van der Waals surface area contributed by atoms with Crippen LogP contribution in [0.3, 0.4) is 0 Å². The van der Waals surface area contributed by atoms with Crippen molar-refractivity contribution in [2.45, 2.75) is 12.8 Å². The van der Waals surface area contributed by atoms with Crippen molar-refractivity contribution < 1.29 is 0 Å². The van der Waals surface area contributed by atoms with Gasteiger partial charge in [0.1, 0.15) is 0 Å². The molecule has 13 heavy (non-hydrogen) atoms. The molecule has 72 valence electrons. The first-order valence-corrected chi connectivity index (χ1v) is 5.60. The number of benzene rings is 1. The molecule has 0 N–H and O–H groups in total. The molecule has 0 bridgehead atoms. The van der Waals surface area contributed by atoms with Gasteiger partial charge >= 0.3 is 0 Å². The van der Waals surface area contributed by atoms with Crippen LogP contribution in [-0.4, -0.2) is 19.4 Å². The highest BCUT2D eigenvalue weighted by atomic mass is 79.9. The molecule has 1 unspecified atom stereocenters. The second-order valence-electron chi connectivity index (χ2n) is 3.54. The van der Waals surface area contributed by atoms with Crippen LogP contribution in [0.2, 0.25) is 0 Å². The molecule has 0 aliphatic carbocycles. The van der Waals surface area contributed by atoms with Crippen LogP contribution in [0.15, 0.2) is 24.3 Å². The first kappa shape index (κ1) is 10.6. The Bertz CT molecular complexity index is 253. The minimum absolute atomic E-state index is 0.594. The van der Waals surface area contributed by atoms with Crippen molar-refractivity contribution in [2.24, 2.45) is 0 Å². The summed E-state index contributed by atoms with van der Waals surface area (Å²) >= 11 is 3.49. The third-order valence-electron chi connectivity index (χ3n) is 2.21. The van der Waals surface area contributed by atoms with E-state index < -0.39 is 0 Å². The number of anilines is 1. The Labute approximate surface area is 88.9 Å². The molecule has 2 heteroatoms. The molecule has 0 fully saturated rings. The zero-order valence-electron chi connectivity index (χ0n) is 8.42. The molecule has 1 aromatic carbocycles. The lowest BCUT2D eigenvalue weighted by Gasteiger charge is -2.14. The average molecular weight is 242 g/mol. The molecule has 0 amide bonds. The van der Waals surface area contributed by atoms with E-state index in [4.69, 9.17) is 0 Å². The van der Waals surface area contributed by atoms with Gasteiger partial charge in [-0.25, -0.2) is 0 Å². The van der Waals surface area contributed by atoms with E-state index >= 15 is 0 Å². The molecule has 0 aliphatic heterocycles. The van der Waals surface area contributed by atoms with Gasteiger partial charge in [-0.2, -0.15) is 0 Å². The van der Waals surface area contributed by atoms with E-state index in [1.807, 2.05) is 0 Å². The maximum Gasteiger partial charge on any atom is 0.0361 e. The molecule has 0 saturated heterocycles. The first-order valence-electron chi connectivity index (χ1n) is 4.48. The van der Waals surface area contributed by atoms with E-state index in [2.05, 4.69) is 66.1 Å². The number of alkyl halides is 1. The summed E-state index contributed by atoms with van der Waals surface area (Å²) in [5, 5.41) is 1.02. The molecule has 0 aliphatic rings. The van der Waals surface area contributed by atoms with Crippen LogP contribution in [0, 0.1) is 0 Å². The molecular weight excluding hydrogens is 226 g/mol. The summed E-state index contributed by atoms with van der Waals surface area (Å²) in [7, 11) is 4.12. The Morgan fingerprint density at radius 2 is 1.77 bits per heavy atom. The van der Waals surface area contributed by atoms with E-state index in [-0.39, 0.29) is 0 Å². The molecule has 1 nitrogen and oxygen atoms in total. The number of hydrogen-bond donors (Lipinski definition) is 0. The van der Waals surface area contributed by atoms with Gasteiger partial charge in [0.05, 0.1) is 0 Å². The Morgan fingerprint density at radius 3 is 2.15 bits per heavy atom. The van der Waals surface area contributed by atoms with E-state index in [0.717, 1.165) is 5.33 Å². The van der Waals surface area contributed by atoms with Crippen LogP contribution in [-0.2, 0) is 0 Å². The van der Waals surface area contributed by atoms with Gasteiger partial charge in [0.15, 0.2) is 0 Å². The van der Waals surface area contributed by atoms with E-state index in [9.17, 15) is 0 Å². The number of rotatable bonds is 3. The van der Waals surface area contributed by atoms with Crippen molar-refractivity contribution in [1.29, 1.82) is 0 Å². The van der Waals surface area contributed by atoms with Crippen LogP contribution in [0.4, 0.5) is 5.69 Å². The third kappa shape index (κ3) is 2.73. The maximum atomic E-state index is 3.49. The smallest absolute Gasteiger partial charge is 0.0361 e. The standard InChI is InChI=1S/C11H16BrN/c1-9(8-12)10-4-6-11(7-5-10)13(2)3/h4-7,9H,8H2,1-3H3. The van der Waals surface area contributed by atoms with Gasteiger partial charge in [-0.05, 0) is 23.6 Å². The molecule has 1 atom stereocenters. The van der Waals surface area contributed by atoms with Crippen LogP contribution >= 0.6 is 15.9 Å². The largest absolute Gasteiger partial charge is 0.378 e. The highest BCUT2D eigenvalue weighted by Gasteiger charge is 2.03. The molecule has 1 rings (SSSR count). The minimum atomic E-state index is 0.594. The lowest BCUT2D eigenvalue weighted by Crippen LogP contribution is -2.08. The summed E-state index contributed by atoms with van der Waals surface area (Å²) in [6.45, 7) is 2.22. The second-order valence-corrected chi connectivity index (χ2v) is 4.19. The summed E-state index contributed by atoms with van der Waals surface area (Å²) in [5.74, 6) is 0.594. The average Bonchev–Trinajstić information content (AvgIpc) is 2.17. The fraction of sp³-hybridized carbons (Fsp3) is 0.455. The summed E-state index contributed by atoms with van der Waals surface area (Å²) in [4.78, 5) is 2.11. The van der Waals surface area contributed by atoms with Gasteiger partial charge in [-0.1, -0.05) is 35.0 Å². The Balaban J connectivity index is 2.81. The van der Waals surface area contributed by atoms with Crippen LogP contribution in [0.1, 0.15) is 18.4 Å². The van der Waals surface area contributed by atoms with E-state index in [0.29, 0.717) is 5.92 Å². The number of halogens is 1. The zero-order valence-corrected chi connectivity index (χ0v) is 10.0. The van der Waals surface area contributed by atoms with Crippen LogP contribution < -0.4 is 4.90 Å². The summed E-state index contributed by atoms with van der Waals surface area (Å²) in [5.41, 5.74) is 2.65. The molecule has 0 radical (unpaired) electrons. The molecule has 0 spiro atoms. The highest BCUT2D eigenvalue weighted by molar-refractivity contribution is 9.09. The predicted octanol–water partition coefficient (Wildman–Crippen LogP) is 3.25. The fourth-order valence-corrected chi connectivity index (χ4v) is 1.56. The number of nitrogens with zero attached hydrogens (tertiary/aromatic N) is 1. The number of hydrogen-bond acceptors (Lipinski definition) is 1. The molecule has 0 heterocycles. The summed E-state index contributed by atoms with van der Waals surface area (Å²) < 4.78 is 0. The van der Waals surface area contributed by atoms with Crippen LogP contribution in [0.5, 0.6) is 0 Å². The Kier molecular flexibility index (Phi) is 3.79. The summed E-state index contributed by atoms with van der Waals surface area (Å²) in [6, 6.07) is 8.71. The highest BCUT2D eigenvalue weighted by Crippen LogP contribution is 2.20. The normalized spacial score (nSPS) is 12.6. The van der Waals surface area contributed by atoms with Gasteiger partial charge in [-0.3, -0.25) is 0 Å². The molecule has 0 saturated carbocycles. The topological polar surface area (TPSA) is 3.24 Å². The van der Waals surface area contributed by atoms with E-state index in [1.54, 1.807) is 0 Å². The zero-order chi connectivity index (χ0) is 9.84. The van der Waals surface area contributed by atoms with Gasteiger partial charge in [0.2, 0.25) is 0 Å². The molecule has 1 aromatic rings. The third-order valence-corrected chi connectivity index (χ3v) is 3.18. The maximum absolute atomic E-state index is 3.49. The van der Waals surface area contributed by atoms with Crippen molar-refractivity contribution in [3.05, 3.63) is 29.8 Å². The predicted molar refractivity (Wildman–Crippen MR) is 63.0 cm³/mol. The lowest BCUT2D eigenvalue weighted by molar-refractivity contribution is 0.887. The van der Waals surface area contributed by atoms with Crippen molar-refractivity contribution in [3.8, 4) is 0 Å². The molecule has 0 aromatic heterocycles. The summed E-state index contributed by atoms with van der Waals surface area (Å²) in [6.07, 6.45) is 0. The van der Waals surface area contributed by atoms with Gasteiger partial charge in [0, 0.05) is 25.1 Å². The van der Waals surface area contributed by atoms with Gasteiger partial charge in [-0.15, -0.1) is 0 Å². The quantitative estimate of drug-likeness (QED) is 0.735. The SMILES string of the molecule is CC(CBr)c1ccc(N(C)C)cc1. The van der Waals surface area contributed by atoms with Crippen LogP contribution in [0.25, 0.3) is 0 Å². The monoisotopic (exact) mass is 241 g/mol. The minimum Gasteiger partial charge on any atom is -0.378 e. The first-order chi connectivity index (χ1) is 6.15. The fourth-order valence-electron chi connectivity index (χ4n) is 1.19. The molecular formula is C11H16BrN. The van der Waals surface area contributed by atoms with Gasteiger partial charge in [0.25, 0.3) is 0 Å². The van der Waals surface area contributed by atoms with Crippen molar-refractivity contribution in [1.82, 2.24) is 0 Å². The van der Waals surface area contributed by atoms with Crippen molar-refractivity contribution in [3.63, 3.8) is 0 Å². The van der Waals surface area contributed by atoms with E-state index in [1.165, 1.54) is 11.3 Å². The second kappa shape index (κ2) is 4.66. The van der Waals surface area contributed by atoms with Crippen molar-refractivity contribution >= 4 is 21.6 Å². The Morgan fingerprint density at radius 1 is 1.23 bits per heavy atom. The lowest BCUT2D eigenvalue weighted by atomic mass is 10.0.